The molecule has 3 aromatic rings. The zero-order chi connectivity index (χ0) is 19.3. The maximum atomic E-state index is 8.91. The maximum Gasteiger partial charge on any atom is 0.152 e. The second kappa shape index (κ2) is 8.40. The summed E-state index contributed by atoms with van der Waals surface area (Å²) in [7, 11) is 1.90. The lowest BCUT2D eigenvalue weighted by Gasteiger charge is -2.22. The van der Waals surface area contributed by atoms with Gasteiger partial charge in [-0.15, -0.1) is 11.3 Å². The number of pyridine rings is 1. The van der Waals surface area contributed by atoms with Crippen LogP contribution in [0.3, 0.4) is 0 Å². The van der Waals surface area contributed by atoms with Gasteiger partial charge < -0.3 is 14.8 Å². The third-order valence-corrected chi connectivity index (χ3v) is 5.39. The van der Waals surface area contributed by atoms with Crippen LogP contribution in [0.25, 0.3) is 0 Å². The molecule has 4 heterocycles. The fourth-order valence-corrected chi connectivity index (χ4v) is 4.00. The fourth-order valence-electron chi connectivity index (χ4n) is 3.08. The molecule has 0 saturated heterocycles. The summed E-state index contributed by atoms with van der Waals surface area (Å²) in [6.07, 6.45) is 3.74. The summed E-state index contributed by atoms with van der Waals surface area (Å²) < 4.78 is 5.66. The minimum Gasteiger partial charge on any atom is -0.463 e. The summed E-state index contributed by atoms with van der Waals surface area (Å²) in [6.45, 7) is 0.0699. The Hall–Kier alpha value is -2.92. The van der Waals surface area contributed by atoms with Crippen molar-refractivity contribution in [1.29, 1.82) is 0 Å². The number of rotatable bonds is 4. The number of thiophene rings is 1. The van der Waals surface area contributed by atoms with Gasteiger partial charge in [0.05, 0.1) is 12.9 Å². The van der Waals surface area contributed by atoms with Gasteiger partial charge in [0.25, 0.3) is 0 Å². The van der Waals surface area contributed by atoms with Crippen LogP contribution < -0.4 is 10.6 Å². The molecule has 1 aliphatic heterocycles. The predicted octanol–water partition coefficient (Wildman–Crippen LogP) is 3.02. The Morgan fingerprint density at radius 3 is 3.07 bits per heavy atom. The van der Waals surface area contributed by atoms with E-state index in [0.717, 1.165) is 27.5 Å². The van der Waals surface area contributed by atoms with Crippen LogP contribution in [-0.2, 0) is 0 Å². The van der Waals surface area contributed by atoms with Crippen molar-refractivity contribution in [3.63, 3.8) is 0 Å². The number of aromatic nitrogens is 1. The number of nitrogens with zero attached hydrogens (tertiary/aromatic N) is 2. The number of aliphatic hydroxyl groups excluding tert-OH is 1. The number of anilines is 1. The van der Waals surface area contributed by atoms with Gasteiger partial charge in [-0.1, -0.05) is 11.8 Å². The highest BCUT2D eigenvalue weighted by atomic mass is 32.1. The van der Waals surface area contributed by atoms with Crippen LogP contribution in [-0.4, -0.2) is 35.6 Å². The first-order chi connectivity index (χ1) is 13.8. The number of aliphatic hydroxyl groups is 1. The lowest BCUT2D eigenvalue weighted by Crippen LogP contribution is -2.38. The Morgan fingerprint density at radius 2 is 2.29 bits per heavy atom. The Bertz CT molecular complexity index is 1030. The molecule has 4 rings (SSSR count). The summed E-state index contributed by atoms with van der Waals surface area (Å²) in [5.41, 5.74) is 2.60. The molecule has 0 radical (unpaired) electrons. The third-order valence-electron chi connectivity index (χ3n) is 4.39. The van der Waals surface area contributed by atoms with Crippen LogP contribution in [0.2, 0.25) is 0 Å². The van der Waals surface area contributed by atoms with E-state index in [1.807, 2.05) is 36.7 Å². The van der Waals surface area contributed by atoms with Gasteiger partial charge in [-0.25, -0.2) is 4.98 Å². The molecule has 0 amide bonds. The molecule has 2 atom stereocenters. The lowest BCUT2D eigenvalue weighted by molar-refractivity contribution is 0.305. The Balaban J connectivity index is 1.78. The average molecular weight is 392 g/mol. The molecular formula is C21H20N4O2S. The predicted molar refractivity (Wildman–Crippen MR) is 111 cm³/mol. The van der Waals surface area contributed by atoms with E-state index < -0.39 is 0 Å². The standard InChI is InChI=1S/C21H20N4O2S/c1-22-21-19(17-12-14(13-28-17)6-2-3-10-26)24-18(16-8-5-11-27-16)15-7-4-9-23-20(15)25-21/h4-5,7-9,11-13,19,21-22,26H,3,10H2,1H3,(H,23,25). The van der Waals surface area contributed by atoms with Gasteiger partial charge in [0.2, 0.25) is 0 Å². The van der Waals surface area contributed by atoms with Crippen LogP contribution in [0.1, 0.15) is 34.2 Å². The normalized spacial score (nSPS) is 18.3. The number of fused-ring (bicyclic) bond motifs is 1. The van der Waals surface area contributed by atoms with Crippen LogP contribution in [0.15, 0.2) is 57.6 Å². The minimum absolute atomic E-state index is 0.0699. The first-order valence-corrected chi connectivity index (χ1v) is 9.87. The molecule has 0 saturated carbocycles. The topological polar surface area (TPSA) is 82.7 Å². The Kier molecular flexibility index (Phi) is 5.53. The van der Waals surface area contributed by atoms with Crippen LogP contribution >= 0.6 is 11.3 Å². The SMILES string of the molecule is CNC1Nc2ncccc2C(c2ccco2)=NC1c1cc(C#CCCO)cs1. The van der Waals surface area contributed by atoms with E-state index >= 15 is 0 Å². The molecular weight excluding hydrogens is 372 g/mol. The molecule has 6 nitrogen and oxygen atoms in total. The van der Waals surface area contributed by atoms with E-state index in [-0.39, 0.29) is 18.8 Å². The highest BCUT2D eigenvalue weighted by Gasteiger charge is 2.30. The second-order valence-electron chi connectivity index (χ2n) is 6.22. The molecule has 1 aliphatic rings. The molecule has 2 unspecified atom stereocenters. The Labute approximate surface area is 167 Å². The maximum absolute atomic E-state index is 8.91. The molecule has 7 heteroatoms. The van der Waals surface area contributed by atoms with Crippen molar-refractivity contribution >= 4 is 22.9 Å². The summed E-state index contributed by atoms with van der Waals surface area (Å²) in [6, 6.07) is 9.53. The van der Waals surface area contributed by atoms with Crippen molar-refractivity contribution in [1.82, 2.24) is 10.3 Å². The molecule has 3 aromatic heterocycles. The van der Waals surface area contributed by atoms with Crippen molar-refractivity contribution in [2.75, 3.05) is 19.0 Å². The second-order valence-corrected chi connectivity index (χ2v) is 7.17. The van der Waals surface area contributed by atoms with Crippen LogP contribution in [0.4, 0.5) is 5.82 Å². The van der Waals surface area contributed by atoms with E-state index in [1.54, 1.807) is 23.8 Å². The molecule has 0 fully saturated rings. The first-order valence-electron chi connectivity index (χ1n) is 8.99. The largest absolute Gasteiger partial charge is 0.463 e. The summed E-state index contributed by atoms with van der Waals surface area (Å²) >= 11 is 1.62. The van der Waals surface area contributed by atoms with Crippen molar-refractivity contribution in [2.45, 2.75) is 18.6 Å². The van der Waals surface area contributed by atoms with Crippen molar-refractivity contribution in [2.24, 2.45) is 4.99 Å². The summed E-state index contributed by atoms with van der Waals surface area (Å²) in [5, 5.41) is 17.7. The van der Waals surface area contributed by atoms with Crippen LogP contribution in [0.5, 0.6) is 0 Å². The molecule has 0 aromatic carbocycles. The Morgan fingerprint density at radius 1 is 1.36 bits per heavy atom. The number of aliphatic imine (C=N–C) groups is 1. The average Bonchev–Trinajstić information content (AvgIpc) is 3.38. The smallest absolute Gasteiger partial charge is 0.152 e. The molecule has 28 heavy (non-hydrogen) atoms. The number of hydrogen-bond donors (Lipinski definition) is 3. The number of nitrogens with one attached hydrogen (secondary N) is 2. The van der Waals surface area contributed by atoms with Gasteiger partial charge >= 0.3 is 0 Å². The third kappa shape index (κ3) is 3.71. The first kappa shape index (κ1) is 18.4. The summed E-state index contributed by atoms with van der Waals surface area (Å²) in [5.74, 6) is 7.52. The van der Waals surface area contributed by atoms with Gasteiger partial charge in [-0.2, -0.15) is 0 Å². The van der Waals surface area contributed by atoms with Gasteiger partial charge in [-0.3, -0.25) is 10.3 Å². The number of furan rings is 1. The van der Waals surface area contributed by atoms with E-state index in [4.69, 9.17) is 14.5 Å². The zero-order valence-electron chi connectivity index (χ0n) is 15.3. The highest BCUT2D eigenvalue weighted by molar-refractivity contribution is 7.10. The van der Waals surface area contributed by atoms with Crippen molar-refractivity contribution in [3.05, 3.63) is 69.9 Å². The van der Waals surface area contributed by atoms with Gasteiger partial charge in [-0.05, 0) is 37.4 Å². The molecule has 0 spiro atoms. The highest BCUT2D eigenvalue weighted by Crippen LogP contribution is 2.33. The van der Waals surface area contributed by atoms with Gasteiger partial charge in [0, 0.05) is 34.0 Å². The van der Waals surface area contributed by atoms with Gasteiger partial charge in [0.15, 0.2) is 5.76 Å². The van der Waals surface area contributed by atoms with E-state index in [1.165, 1.54) is 0 Å². The minimum atomic E-state index is -0.183. The van der Waals surface area contributed by atoms with Crippen molar-refractivity contribution < 1.29 is 9.52 Å². The monoisotopic (exact) mass is 392 g/mol. The quantitative estimate of drug-likeness (QED) is 0.595. The number of likely N-dealkylation sites (N-methyl/N-ethyl adjacent to an activating group) is 1. The van der Waals surface area contributed by atoms with E-state index in [9.17, 15) is 0 Å². The van der Waals surface area contributed by atoms with Crippen molar-refractivity contribution in [3.8, 4) is 11.8 Å². The lowest BCUT2D eigenvalue weighted by atomic mass is 10.1. The molecule has 0 bridgehead atoms. The van der Waals surface area contributed by atoms with E-state index in [2.05, 4.69) is 33.5 Å². The molecule has 142 valence electrons. The zero-order valence-corrected chi connectivity index (χ0v) is 16.2. The van der Waals surface area contributed by atoms with E-state index in [0.29, 0.717) is 12.2 Å². The summed E-state index contributed by atoms with van der Waals surface area (Å²) in [4.78, 5) is 10.7. The van der Waals surface area contributed by atoms with Gasteiger partial charge in [0.1, 0.15) is 23.7 Å². The molecule has 0 aliphatic carbocycles. The fraction of sp³-hybridized carbons (Fsp3) is 0.238. The number of hydrogen-bond acceptors (Lipinski definition) is 7. The van der Waals surface area contributed by atoms with Crippen LogP contribution in [0, 0.1) is 11.8 Å². The molecule has 3 N–H and O–H groups in total.